The number of guanidine groups is 1. The smallest absolute Gasteiger partial charge is 0.211 e. The maximum Gasteiger partial charge on any atom is 0.211 e. The highest BCUT2D eigenvalue weighted by molar-refractivity contribution is 5.89. The fraction of sp³-hybridized carbons (Fsp3) is 0.625. The van der Waals surface area contributed by atoms with Gasteiger partial charge in [0.05, 0.1) is 0 Å². The Labute approximate surface area is 84.1 Å². The van der Waals surface area contributed by atoms with Crippen molar-refractivity contribution in [1.29, 1.82) is 0 Å². The fourth-order valence-electron chi connectivity index (χ4n) is 0.802. The molecule has 0 aromatic carbocycles. The monoisotopic (exact) mass is 198 g/mol. The number of nitrogens with one attached hydrogen (secondary N) is 1. The van der Waals surface area contributed by atoms with Gasteiger partial charge in [-0.05, 0) is 26.7 Å². The summed E-state index contributed by atoms with van der Waals surface area (Å²) < 4.78 is 0. The summed E-state index contributed by atoms with van der Waals surface area (Å²) in [6.07, 6.45) is 1.64. The predicted octanol–water partition coefficient (Wildman–Crippen LogP) is 0.0112. The first-order valence-electron chi connectivity index (χ1n) is 4.38. The lowest BCUT2D eigenvalue weighted by Gasteiger charge is -1.99. The Hall–Kier alpha value is -1.59. The minimum atomic E-state index is -0.0232. The number of rotatable bonds is 5. The molecule has 0 aromatic rings. The molecule has 5 N–H and O–H groups in total. The zero-order valence-electron chi connectivity index (χ0n) is 8.91. The lowest BCUT2D eigenvalue weighted by molar-refractivity contribution is 0.885. The summed E-state index contributed by atoms with van der Waals surface area (Å²) in [7, 11) is 1.77. The van der Waals surface area contributed by atoms with Crippen LogP contribution in [-0.4, -0.2) is 24.4 Å². The first-order chi connectivity index (χ1) is 6.56. The van der Waals surface area contributed by atoms with Crippen molar-refractivity contribution >= 4 is 17.4 Å². The molecule has 0 atom stereocenters. The van der Waals surface area contributed by atoms with E-state index in [9.17, 15) is 0 Å². The number of hydrazone groups is 1. The number of hydrogen-bond acceptors (Lipinski definition) is 4. The Balaban J connectivity index is 3.96. The topological polar surface area (TPSA) is 101 Å². The molecule has 0 saturated carbocycles. The van der Waals surface area contributed by atoms with Crippen molar-refractivity contribution in [2.45, 2.75) is 26.7 Å². The van der Waals surface area contributed by atoms with E-state index in [0.717, 1.165) is 24.3 Å². The van der Waals surface area contributed by atoms with Crippen LogP contribution in [0.3, 0.4) is 0 Å². The largest absolute Gasteiger partial charge is 0.369 e. The Morgan fingerprint density at radius 2 is 1.64 bits per heavy atom. The number of hydrogen-bond donors (Lipinski definition) is 3. The van der Waals surface area contributed by atoms with Crippen LogP contribution in [0.15, 0.2) is 15.3 Å². The summed E-state index contributed by atoms with van der Waals surface area (Å²) >= 11 is 0. The van der Waals surface area contributed by atoms with Crippen LogP contribution in [0.5, 0.6) is 0 Å². The van der Waals surface area contributed by atoms with Gasteiger partial charge in [0.15, 0.2) is 0 Å². The summed E-state index contributed by atoms with van der Waals surface area (Å²) in [6.45, 7) is 3.82. The zero-order valence-corrected chi connectivity index (χ0v) is 8.91. The minimum absolute atomic E-state index is 0.0232. The van der Waals surface area contributed by atoms with E-state index in [-0.39, 0.29) is 5.96 Å². The molecule has 0 radical (unpaired) electrons. The van der Waals surface area contributed by atoms with Crippen molar-refractivity contribution in [3.05, 3.63) is 0 Å². The summed E-state index contributed by atoms with van der Waals surface area (Å²) in [5.41, 5.74) is 14.9. The van der Waals surface area contributed by atoms with Gasteiger partial charge in [0.1, 0.15) is 0 Å². The second-order valence-corrected chi connectivity index (χ2v) is 2.93. The summed E-state index contributed by atoms with van der Waals surface area (Å²) in [4.78, 5) is 0. The second kappa shape index (κ2) is 6.88. The molecule has 0 bridgehead atoms. The first kappa shape index (κ1) is 12.4. The van der Waals surface area contributed by atoms with Gasteiger partial charge in [-0.15, -0.1) is 5.10 Å². The van der Waals surface area contributed by atoms with Gasteiger partial charge in [0.2, 0.25) is 5.96 Å². The van der Waals surface area contributed by atoms with Crippen LogP contribution < -0.4 is 16.9 Å². The molecule has 0 aliphatic rings. The molecule has 6 nitrogen and oxygen atoms in total. The van der Waals surface area contributed by atoms with Crippen molar-refractivity contribution in [2.24, 2.45) is 26.8 Å². The minimum Gasteiger partial charge on any atom is -0.369 e. The van der Waals surface area contributed by atoms with E-state index in [0.29, 0.717) is 0 Å². The lowest BCUT2D eigenvalue weighted by atomic mass is 10.2. The molecule has 0 saturated heterocycles. The standard InChI is InChI=1S/C8H18N6/c1-6(12-11-3)4-5-7(2)13-14-8(9)10/h11H,4-5H2,1-3H3,(H4,9,10,14). The number of nitrogens with zero attached hydrogens (tertiary/aromatic N) is 3. The highest BCUT2D eigenvalue weighted by Gasteiger charge is 1.95. The van der Waals surface area contributed by atoms with Gasteiger partial charge in [0, 0.05) is 18.5 Å². The first-order valence-corrected chi connectivity index (χ1v) is 4.38. The molecule has 80 valence electrons. The van der Waals surface area contributed by atoms with Crippen LogP contribution in [0.1, 0.15) is 26.7 Å². The van der Waals surface area contributed by atoms with Crippen molar-refractivity contribution in [3.63, 3.8) is 0 Å². The van der Waals surface area contributed by atoms with Gasteiger partial charge in [-0.1, -0.05) is 0 Å². The summed E-state index contributed by atoms with van der Waals surface area (Å²) in [5, 5.41) is 11.4. The van der Waals surface area contributed by atoms with E-state index in [1.54, 1.807) is 7.05 Å². The van der Waals surface area contributed by atoms with Crippen molar-refractivity contribution in [3.8, 4) is 0 Å². The van der Waals surface area contributed by atoms with Gasteiger partial charge >= 0.3 is 0 Å². The average molecular weight is 198 g/mol. The molecule has 0 aliphatic carbocycles. The maximum atomic E-state index is 5.13. The normalized spacial score (nSPS) is 12.5. The number of nitrogens with two attached hydrogens (primary N) is 2. The molecule has 0 heterocycles. The molecule has 0 aliphatic heterocycles. The van der Waals surface area contributed by atoms with Gasteiger partial charge in [0.25, 0.3) is 0 Å². The molecule has 14 heavy (non-hydrogen) atoms. The fourth-order valence-corrected chi connectivity index (χ4v) is 0.802. The lowest BCUT2D eigenvalue weighted by Crippen LogP contribution is -2.22. The second-order valence-electron chi connectivity index (χ2n) is 2.93. The molecular weight excluding hydrogens is 180 g/mol. The van der Waals surface area contributed by atoms with E-state index in [1.807, 2.05) is 13.8 Å². The molecule has 0 spiro atoms. The molecule has 0 aromatic heterocycles. The highest BCUT2D eigenvalue weighted by atomic mass is 15.3. The van der Waals surface area contributed by atoms with Gasteiger partial charge < -0.3 is 16.9 Å². The van der Waals surface area contributed by atoms with Gasteiger partial charge in [-0.3, -0.25) is 0 Å². The third-order valence-corrected chi connectivity index (χ3v) is 1.49. The van der Waals surface area contributed by atoms with Crippen molar-refractivity contribution < 1.29 is 0 Å². The Kier molecular flexibility index (Phi) is 6.09. The quantitative estimate of drug-likeness (QED) is 0.329. The van der Waals surface area contributed by atoms with Crippen LogP contribution >= 0.6 is 0 Å². The van der Waals surface area contributed by atoms with Crippen LogP contribution in [0.2, 0.25) is 0 Å². The van der Waals surface area contributed by atoms with Gasteiger partial charge in [-0.2, -0.15) is 10.2 Å². The SMILES string of the molecule is CNN=C(C)CCC(C)=NN=C(N)N. The third-order valence-electron chi connectivity index (χ3n) is 1.49. The van der Waals surface area contributed by atoms with Crippen molar-refractivity contribution in [1.82, 2.24) is 5.43 Å². The predicted molar refractivity (Wildman–Crippen MR) is 60.3 cm³/mol. The van der Waals surface area contributed by atoms with Crippen LogP contribution in [-0.2, 0) is 0 Å². The maximum absolute atomic E-state index is 5.13. The Morgan fingerprint density at radius 3 is 2.14 bits per heavy atom. The average Bonchev–Trinajstić information content (AvgIpc) is 2.12. The van der Waals surface area contributed by atoms with Gasteiger partial charge in [-0.25, -0.2) is 0 Å². The zero-order chi connectivity index (χ0) is 11.0. The van der Waals surface area contributed by atoms with Crippen LogP contribution in [0.4, 0.5) is 0 Å². The van der Waals surface area contributed by atoms with E-state index < -0.39 is 0 Å². The Bertz CT molecular complexity index is 249. The van der Waals surface area contributed by atoms with Crippen molar-refractivity contribution in [2.75, 3.05) is 7.05 Å². The molecule has 0 amide bonds. The van der Waals surface area contributed by atoms with Crippen LogP contribution in [0.25, 0.3) is 0 Å². The molecule has 0 fully saturated rings. The van der Waals surface area contributed by atoms with E-state index in [2.05, 4.69) is 20.7 Å². The highest BCUT2D eigenvalue weighted by Crippen LogP contribution is 1.95. The summed E-state index contributed by atoms with van der Waals surface area (Å²) in [5.74, 6) is -0.0232. The molecular formula is C8H18N6. The molecule has 0 rings (SSSR count). The van der Waals surface area contributed by atoms with E-state index in [4.69, 9.17) is 11.5 Å². The van der Waals surface area contributed by atoms with E-state index in [1.165, 1.54) is 0 Å². The van der Waals surface area contributed by atoms with E-state index >= 15 is 0 Å². The molecule has 6 heteroatoms. The van der Waals surface area contributed by atoms with Crippen LogP contribution in [0, 0.1) is 0 Å². The third kappa shape index (κ3) is 7.08. The molecule has 0 unspecified atom stereocenters. The Morgan fingerprint density at radius 1 is 1.07 bits per heavy atom. The summed E-state index contributed by atoms with van der Waals surface area (Å²) in [6, 6.07) is 0.